The van der Waals surface area contributed by atoms with Gasteiger partial charge in [-0.05, 0) is 66.6 Å². The Morgan fingerprint density at radius 1 is 0.941 bits per heavy atom. The molecule has 1 atom stereocenters. The third-order valence-electron chi connectivity index (χ3n) is 5.91. The Morgan fingerprint density at radius 3 is 2.35 bits per heavy atom. The summed E-state index contributed by atoms with van der Waals surface area (Å²) in [6.45, 7) is 4.06. The number of rotatable bonds is 2. The van der Waals surface area contributed by atoms with Crippen LogP contribution in [0.25, 0.3) is 10.8 Å². The second-order valence-corrected chi connectivity index (χ2v) is 8.79. The first-order valence-corrected chi connectivity index (χ1v) is 11.6. The number of aliphatic imine (C=N–C) groups is 1. The summed E-state index contributed by atoms with van der Waals surface area (Å²) in [5, 5.41) is 12.7. The van der Waals surface area contributed by atoms with Gasteiger partial charge in [-0.1, -0.05) is 66.6 Å². The van der Waals surface area contributed by atoms with Crippen molar-refractivity contribution in [2.24, 2.45) is 4.99 Å². The number of amides is 1. The standard InChI is InChI=1S/C18H17ClN2O2.C11H10/c1-3-15-18(23)21(2)16-9-6-12(19)10-14(16)17(20-15)11-4-7-13(22)8-5-11;1-9-6-7-10-4-2-3-5-11(10)8-9/h4-10,15,22H,3H2,1-2H3;2-8H,1H3. The normalized spacial score (nSPS) is 15.2. The molecule has 5 heteroatoms. The van der Waals surface area contributed by atoms with Gasteiger partial charge >= 0.3 is 0 Å². The maximum Gasteiger partial charge on any atom is 0.251 e. The van der Waals surface area contributed by atoms with Gasteiger partial charge in [-0.3, -0.25) is 9.79 Å². The van der Waals surface area contributed by atoms with E-state index in [0.29, 0.717) is 17.2 Å². The zero-order chi connectivity index (χ0) is 24.2. The number of nitrogens with zero attached hydrogens (tertiary/aromatic N) is 2. The fourth-order valence-electron chi connectivity index (χ4n) is 4.04. The van der Waals surface area contributed by atoms with E-state index < -0.39 is 6.04 Å². The van der Waals surface area contributed by atoms with Gasteiger partial charge < -0.3 is 10.0 Å². The molecule has 1 unspecified atom stereocenters. The van der Waals surface area contributed by atoms with Gasteiger partial charge in [0, 0.05) is 23.2 Å². The molecule has 5 rings (SSSR count). The van der Waals surface area contributed by atoms with Crippen LogP contribution in [0.2, 0.25) is 5.02 Å². The minimum atomic E-state index is -0.435. The monoisotopic (exact) mass is 470 g/mol. The Balaban J connectivity index is 0.000000207. The van der Waals surface area contributed by atoms with E-state index in [0.717, 1.165) is 16.8 Å². The highest BCUT2D eigenvalue weighted by atomic mass is 35.5. The van der Waals surface area contributed by atoms with Crippen molar-refractivity contribution in [1.82, 2.24) is 0 Å². The zero-order valence-electron chi connectivity index (χ0n) is 19.5. The van der Waals surface area contributed by atoms with E-state index in [9.17, 15) is 9.90 Å². The molecule has 172 valence electrons. The van der Waals surface area contributed by atoms with Crippen molar-refractivity contribution in [3.8, 4) is 5.75 Å². The number of benzene rings is 4. The van der Waals surface area contributed by atoms with E-state index >= 15 is 0 Å². The van der Waals surface area contributed by atoms with Crippen LogP contribution in [0.1, 0.15) is 30.0 Å². The Morgan fingerprint density at radius 2 is 1.65 bits per heavy atom. The van der Waals surface area contributed by atoms with Crippen LogP contribution in [-0.2, 0) is 4.79 Å². The third kappa shape index (κ3) is 4.97. The van der Waals surface area contributed by atoms with E-state index in [-0.39, 0.29) is 11.7 Å². The second kappa shape index (κ2) is 10.1. The maximum atomic E-state index is 12.6. The molecule has 1 aliphatic heterocycles. The van der Waals surface area contributed by atoms with Crippen molar-refractivity contribution in [1.29, 1.82) is 0 Å². The molecule has 1 heterocycles. The number of hydrogen-bond acceptors (Lipinski definition) is 3. The third-order valence-corrected chi connectivity index (χ3v) is 6.14. The van der Waals surface area contributed by atoms with Crippen LogP contribution in [0.4, 0.5) is 5.69 Å². The summed E-state index contributed by atoms with van der Waals surface area (Å²) in [4.78, 5) is 18.9. The van der Waals surface area contributed by atoms with E-state index in [4.69, 9.17) is 16.6 Å². The van der Waals surface area contributed by atoms with Crippen LogP contribution >= 0.6 is 11.6 Å². The number of likely N-dealkylation sites (N-methyl/N-ethyl adjacent to an activating group) is 1. The SMILES string of the molecule is CCC1N=C(c2ccc(O)cc2)c2cc(Cl)ccc2N(C)C1=O.Cc1ccc2ccccc2c1. The van der Waals surface area contributed by atoms with Crippen molar-refractivity contribution in [3.63, 3.8) is 0 Å². The molecule has 0 saturated carbocycles. The molecule has 0 saturated heterocycles. The van der Waals surface area contributed by atoms with E-state index in [1.54, 1.807) is 42.3 Å². The smallest absolute Gasteiger partial charge is 0.251 e. The van der Waals surface area contributed by atoms with Crippen molar-refractivity contribution in [2.45, 2.75) is 26.3 Å². The van der Waals surface area contributed by atoms with Crippen molar-refractivity contribution < 1.29 is 9.90 Å². The fourth-order valence-corrected chi connectivity index (χ4v) is 4.21. The molecule has 4 nitrogen and oxygen atoms in total. The average molecular weight is 471 g/mol. The minimum Gasteiger partial charge on any atom is -0.508 e. The van der Waals surface area contributed by atoms with Crippen LogP contribution in [-0.4, -0.2) is 29.8 Å². The molecule has 34 heavy (non-hydrogen) atoms. The molecule has 4 aromatic carbocycles. The lowest BCUT2D eigenvalue weighted by atomic mass is 10.00. The van der Waals surface area contributed by atoms with Crippen LogP contribution in [0, 0.1) is 6.92 Å². The van der Waals surface area contributed by atoms with Crippen molar-refractivity contribution >= 4 is 39.7 Å². The van der Waals surface area contributed by atoms with Gasteiger partial charge in [-0.25, -0.2) is 0 Å². The van der Waals surface area contributed by atoms with E-state index in [1.807, 2.05) is 19.1 Å². The van der Waals surface area contributed by atoms with Crippen LogP contribution < -0.4 is 4.90 Å². The number of halogens is 1. The van der Waals surface area contributed by atoms with Gasteiger partial charge in [0.15, 0.2) is 0 Å². The van der Waals surface area contributed by atoms with Crippen LogP contribution in [0.15, 0.2) is 89.9 Å². The number of carbonyl (C=O) groups is 1. The predicted octanol–water partition coefficient (Wildman–Crippen LogP) is 6.79. The Hall–Kier alpha value is -3.63. The highest BCUT2D eigenvalue weighted by Crippen LogP contribution is 2.31. The number of phenols is 1. The quantitative estimate of drug-likeness (QED) is 0.350. The zero-order valence-corrected chi connectivity index (χ0v) is 20.3. The Kier molecular flexibility index (Phi) is 6.99. The first-order chi connectivity index (χ1) is 16.4. The van der Waals surface area contributed by atoms with Gasteiger partial charge in [-0.2, -0.15) is 0 Å². The fraction of sp³-hybridized carbons (Fsp3) is 0.172. The van der Waals surface area contributed by atoms with Gasteiger partial charge in [0.1, 0.15) is 11.8 Å². The average Bonchev–Trinajstić information content (AvgIpc) is 2.94. The molecule has 0 radical (unpaired) electrons. The lowest BCUT2D eigenvalue weighted by Crippen LogP contribution is -2.34. The molecule has 0 aliphatic carbocycles. The molecule has 1 amide bonds. The number of hydrogen-bond donors (Lipinski definition) is 1. The summed E-state index contributed by atoms with van der Waals surface area (Å²) in [6.07, 6.45) is 0.618. The number of aryl methyl sites for hydroxylation is 1. The predicted molar refractivity (Wildman–Crippen MR) is 141 cm³/mol. The summed E-state index contributed by atoms with van der Waals surface area (Å²) >= 11 is 6.16. The molecule has 1 aliphatic rings. The van der Waals surface area contributed by atoms with Gasteiger partial charge in [0.25, 0.3) is 5.91 Å². The van der Waals surface area contributed by atoms with E-state index in [1.165, 1.54) is 16.3 Å². The molecule has 0 bridgehead atoms. The summed E-state index contributed by atoms with van der Waals surface area (Å²) < 4.78 is 0. The topological polar surface area (TPSA) is 52.9 Å². The summed E-state index contributed by atoms with van der Waals surface area (Å²) in [5.41, 5.74) is 4.47. The Bertz CT molecular complexity index is 1360. The highest BCUT2D eigenvalue weighted by molar-refractivity contribution is 6.32. The molecular weight excluding hydrogens is 444 g/mol. The van der Waals surface area contributed by atoms with Crippen LogP contribution in [0.3, 0.4) is 0 Å². The second-order valence-electron chi connectivity index (χ2n) is 8.36. The summed E-state index contributed by atoms with van der Waals surface area (Å²) in [6, 6.07) is 26.7. The molecule has 0 spiro atoms. The lowest BCUT2D eigenvalue weighted by Gasteiger charge is -2.20. The molecule has 0 fully saturated rings. The van der Waals surface area contributed by atoms with Gasteiger partial charge in [0.2, 0.25) is 0 Å². The van der Waals surface area contributed by atoms with Crippen LogP contribution in [0.5, 0.6) is 5.75 Å². The van der Waals surface area contributed by atoms with Crippen molar-refractivity contribution in [2.75, 3.05) is 11.9 Å². The maximum absolute atomic E-state index is 12.6. The minimum absolute atomic E-state index is 0.0372. The molecule has 4 aromatic rings. The number of phenolic OH excluding ortho intramolecular Hbond substituents is 1. The first kappa shape index (κ1) is 23.5. The highest BCUT2D eigenvalue weighted by Gasteiger charge is 2.28. The lowest BCUT2D eigenvalue weighted by molar-refractivity contribution is -0.119. The number of anilines is 1. The molecule has 1 N–H and O–H groups in total. The van der Waals surface area contributed by atoms with E-state index in [2.05, 4.69) is 49.4 Å². The Labute approximate surface area is 205 Å². The number of carbonyl (C=O) groups excluding carboxylic acids is 1. The largest absolute Gasteiger partial charge is 0.508 e. The molecular formula is C29H27ClN2O2. The number of aromatic hydroxyl groups is 1. The first-order valence-electron chi connectivity index (χ1n) is 11.3. The van der Waals surface area contributed by atoms with Gasteiger partial charge in [-0.15, -0.1) is 0 Å². The van der Waals surface area contributed by atoms with Gasteiger partial charge in [0.05, 0.1) is 11.4 Å². The van der Waals surface area contributed by atoms with Crippen molar-refractivity contribution in [3.05, 3.63) is 107 Å². The number of fused-ring (bicyclic) bond motifs is 2. The summed E-state index contributed by atoms with van der Waals surface area (Å²) in [7, 11) is 1.76. The summed E-state index contributed by atoms with van der Waals surface area (Å²) in [5.74, 6) is 0.152. The molecule has 0 aromatic heterocycles. The number of benzodiazepines with no additional fused rings is 1.